The van der Waals surface area contributed by atoms with E-state index in [1.54, 1.807) is 0 Å². The van der Waals surface area contributed by atoms with Gasteiger partial charge in [-0.1, -0.05) is 104 Å². The molecule has 0 N–H and O–H groups in total. The third-order valence-corrected chi connectivity index (χ3v) is 11.3. The van der Waals surface area contributed by atoms with Crippen LogP contribution >= 0.6 is 0 Å². The molecule has 0 amide bonds. The third kappa shape index (κ3) is 6.98. The Morgan fingerprint density at radius 3 is 1.23 bits per heavy atom. The van der Waals surface area contributed by atoms with Crippen molar-refractivity contribution in [1.29, 1.82) is 0 Å². The Balaban J connectivity index is 1.58. The number of allylic oxidation sites excluding steroid dienone is 1. The number of alkyl halides is 6. The standard InChI is InChI=1S/C48H42F6N6O2/c1-23(2)27-13-11-14-28(24(3)4)40(27)59-38(60(41-29(25(5)6)15-12-16-30(41)26(7)8)46-45(59)55-34-17-9-10-18-35(34)56-46)20-19-31-42(61)32-21-36(47(49,50)51)57-44-39(32)33(43(31)62)22-37(58-44)48(52,53)54/h9-26H,1-8H3. The summed E-state index contributed by atoms with van der Waals surface area (Å²) in [6, 6.07) is 20.4. The number of hydrogen-bond donors (Lipinski definition) is 0. The molecular weight excluding hydrogens is 807 g/mol. The van der Waals surface area contributed by atoms with Crippen molar-refractivity contribution >= 4 is 61.9 Å². The van der Waals surface area contributed by atoms with E-state index >= 15 is 0 Å². The van der Waals surface area contributed by atoms with Gasteiger partial charge in [-0.15, -0.1) is 0 Å². The Morgan fingerprint density at radius 1 is 0.516 bits per heavy atom. The molecule has 0 radical (unpaired) electrons. The van der Waals surface area contributed by atoms with Gasteiger partial charge in [-0.05, 0) is 82.3 Å². The van der Waals surface area contributed by atoms with Gasteiger partial charge in [0.05, 0.1) is 27.6 Å². The quantitative estimate of drug-likeness (QED) is 0.146. The molecule has 8 nitrogen and oxygen atoms in total. The molecule has 318 valence electrons. The Morgan fingerprint density at radius 2 is 0.887 bits per heavy atom. The van der Waals surface area contributed by atoms with Gasteiger partial charge in [0, 0.05) is 16.2 Å². The molecule has 0 aliphatic carbocycles. The maximum absolute atomic E-state index is 14.4. The lowest BCUT2D eigenvalue weighted by Gasteiger charge is -2.32. The van der Waals surface area contributed by atoms with Crippen molar-refractivity contribution in [2.75, 3.05) is 9.80 Å². The second kappa shape index (κ2) is 15.2. The van der Waals surface area contributed by atoms with Crippen LogP contribution in [0.3, 0.4) is 0 Å². The highest BCUT2D eigenvalue weighted by atomic mass is 19.4. The molecule has 8 rings (SSSR count). The number of hydrogen-bond acceptors (Lipinski definition) is 8. The number of pyridine rings is 2. The molecule has 14 heteroatoms. The smallest absolute Gasteiger partial charge is 0.288 e. The van der Waals surface area contributed by atoms with Gasteiger partial charge < -0.3 is 0 Å². The molecule has 4 aromatic carbocycles. The van der Waals surface area contributed by atoms with Crippen LogP contribution in [-0.4, -0.2) is 19.9 Å². The Hall–Kier alpha value is -6.44. The number of halogens is 6. The van der Waals surface area contributed by atoms with Crippen molar-refractivity contribution in [3.63, 3.8) is 0 Å². The van der Waals surface area contributed by atoms with Crippen LogP contribution in [0, 0.1) is 0 Å². The SMILES string of the molecule is CC(C)c1cccc(C(C)C)c1N1C(=CC=c2c(=O)c3cc(C(F)(F)F)nc4nc(C(F)(F)F)cc(c2=O)c43)N(c2c(C(C)C)cccc2C(C)C)c2nc3ccccc3nc21. The highest BCUT2D eigenvalue weighted by Gasteiger charge is 2.42. The predicted molar refractivity (Wildman–Crippen MR) is 232 cm³/mol. The van der Waals surface area contributed by atoms with Crippen molar-refractivity contribution < 1.29 is 26.3 Å². The first-order chi connectivity index (χ1) is 29.2. The van der Waals surface area contributed by atoms with Gasteiger partial charge in [0.2, 0.25) is 0 Å². The minimum absolute atomic E-state index is 0.0187. The largest absolute Gasteiger partial charge is 0.433 e. The molecule has 3 aromatic heterocycles. The number of benzene rings is 4. The summed E-state index contributed by atoms with van der Waals surface area (Å²) in [5, 5.41) is -2.41. The zero-order chi connectivity index (χ0) is 44.7. The molecule has 1 aliphatic heterocycles. The Labute approximate surface area is 352 Å². The first-order valence-electron chi connectivity index (χ1n) is 20.3. The van der Waals surface area contributed by atoms with Crippen LogP contribution in [0.25, 0.3) is 38.9 Å². The Kier molecular flexibility index (Phi) is 10.3. The summed E-state index contributed by atoms with van der Waals surface area (Å²) in [4.78, 5) is 49.9. The van der Waals surface area contributed by atoms with Crippen molar-refractivity contribution in [3.05, 3.63) is 144 Å². The molecule has 0 saturated heterocycles. The monoisotopic (exact) mass is 848 g/mol. The van der Waals surface area contributed by atoms with Gasteiger partial charge >= 0.3 is 12.4 Å². The predicted octanol–water partition coefficient (Wildman–Crippen LogP) is 11.7. The zero-order valence-electron chi connectivity index (χ0n) is 35.2. The van der Waals surface area contributed by atoms with Crippen LogP contribution in [0.1, 0.15) is 113 Å². The molecule has 0 saturated carbocycles. The molecule has 0 bridgehead atoms. The van der Waals surface area contributed by atoms with Gasteiger partial charge in [-0.2, -0.15) is 26.3 Å². The molecule has 7 aromatic rings. The summed E-state index contributed by atoms with van der Waals surface area (Å²) in [6.07, 6.45) is -7.60. The molecule has 0 unspecified atom stereocenters. The number of fused-ring (bicyclic) bond motifs is 2. The van der Waals surface area contributed by atoms with Crippen molar-refractivity contribution in [1.82, 2.24) is 19.9 Å². The maximum Gasteiger partial charge on any atom is 0.433 e. The summed E-state index contributed by atoms with van der Waals surface area (Å²) in [5.74, 6) is 1.18. The molecule has 0 atom stereocenters. The van der Waals surface area contributed by atoms with E-state index in [4.69, 9.17) is 9.97 Å². The van der Waals surface area contributed by atoms with Crippen LogP contribution in [0.5, 0.6) is 0 Å². The van der Waals surface area contributed by atoms with Gasteiger partial charge in [0.1, 0.15) is 17.2 Å². The lowest BCUT2D eigenvalue weighted by atomic mass is 9.91. The zero-order valence-corrected chi connectivity index (χ0v) is 35.2. The van der Waals surface area contributed by atoms with Crippen LogP contribution in [0.2, 0.25) is 0 Å². The number of nitrogens with zero attached hydrogens (tertiary/aromatic N) is 6. The van der Waals surface area contributed by atoms with E-state index in [0.717, 1.165) is 33.6 Å². The highest BCUT2D eigenvalue weighted by Crippen LogP contribution is 2.54. The highest BCUT2D eigenvalue weighted by molar-refractivity contribution is 6.07. The summed E-state index contributed by atoms with van der Waals surface area (Å²) in [6.45, 7) is 16.5. The molecular formula is C48H42F6N6O2. The summed E-state index contributed by atoms with van der Waals surface area (Å²) < 4.78 is 85.2. The van der Waals surface area contributed by atoms with E-state index < -0.39 is 61.6 Å². The van der Waals surface area contributed by atoms with Crippen LogP contribution in [0.4, 0.5) is 49.4 Å². The van der Waals surface area contributed by atoms with E-state index in [1.807, 2.05) is 70.5 Å². The molecule has 62 heavy (non-hydrogen) atoms. The minimum atomic E-state index is -5.15. The van der Waals surface area contributed by atoms with Gasteiger partial charge in [-0.25, -0.2) is 19.9 Å². The minimum Gasteiger partial charge on any atom is -0.288 e. The number of rotatable bonds is 7. The fourth-order valence-corrected chi connectivity index (χ4v) is 8.31. The summed E-state index contributed by atoms with van der Waals surface area (Å²) >= 11 is 0. The van der Waals surface area contributed by atoms with Crippen LogP contribution in [-0.2, 0) is 12.4 Å². The van der Waals surface area contributed by atoms with Crippen molar-refractivity contribution in [2.24, 2.45) is 0 Å². The fourth-order valence-electron chi connectivity index (χ4n) is 8.31. The molecule has 0 spiro atoms. The van der Waals surface area contributed by atoms with Crippen LogP contribution < -0.4 is 25.9 Å². The van der Waals surface area contributed by atoms with E-state index in [1.165, 1.54) is 12.2 Å². The second-order valence-corrected chi connectivity index (χ2v) is 16.8. The van der Waals surface area contributed by atoms with Crippen LogP contribution in [0.15, 0.2) is 94.3 Å². The first-order valence-corrected chi connectivity index (χ1v) is 20.3. The normalized spacial score (nSPS) is 13.6. The fraction of sp³-hybridized carbons (Fsp3) is 0.292. The van der Waals surface area contributed by atoms with Gasteiger partial charge in [0.25, 0.3) is 0 Å². The lowest BCUT2D eigenvalue weighted by molar-refractivity contribution is -0.140. The average molecular weight is 849 g/mol. The second-order valence-electron chi connectivity index (χ2n) is 16.8. The summed E-state index contributed by atoms with van der Waals surface area (Å²) in [7, 11) is 0. The first kappa shape index (κ1) is 42.3. The average Bonchev–Trinajstić information content (AvgIpc) is 3.51. The maximum atomic E-state index is 14.4. The summed E-state index contributed by atoms with van der Waals surface area (Å²) in [5.41, 5.74) is 0.0437. The van der Waals surface area contributed by atoms with E-state index in [2.05, 4.69) is 65.4 Å². The van der Waals surface area contributed by atoms with Gasteiger partial charge in [-0.3, -0.25) is 19.4 Å². The van der Waals surface area contributed by atoms with Gasteiger partial charge in [0.15, 0.2) is 28.1 Å². The molecule has 0 fully saturated rings. The Bertz CT molecular complexity index is 2890. The van der Waals surface area contributed by atoms with E-state index in [9.17, 15) is 35.9 Å². The van der Waals surface area contributed by atoms with E-state index in [0.29, 0.717) is 40.6 Å². The molecule has 1 aliphatic rings. The number of aromatic nitrogens is 4. The van der Waals surface area contributed by atoms with Crippen molar-refractivity contribution in [3.8, 4) is 0 Å². The topological polar surface area (TPSA) is 92.2 Å². The molecule has 4 heterocycles. The number of anilines is 4. The van der Waals surface area contributed by atoms with Crippen molar-refractivity contribution in [2.45, 2.75) is 91.4 Å². The third-order valence-electron chi connectivity index (χ3n) is 11.3. The lowest BCUT2D eigenvalue weighted by Crippen LogP contribution is -2.39. The van der Waals surface area contributed by atoms with E-state index in [-0.39, 0.29) is 23.7 Å². The number of para-hydroxylation sites is 4.